The quantitative estimate of drug-likeness (QED) is 0.769. The normalized spacial score (nSPS) is 11.8. The molecule has 0 unspecified atom stereocenters. The second-order valence-corrected chi connectivity index (χ2v) is 7.94. The molecule has 2 heterocycles. The van der Waals surface area contributed by atoms with Gasteiger partial charge in [-0.15, -0.1) is 22.7 Å². The molecule has 4 nitrogen and oxygen atoms in total. The van der Waals surface area contributed by atoms with Gasteiger partial charge in [-0.1, -0.05) is 12.1 Å². The minimum Gasteiger partial charge on any atom is -0.350 e. The summed E-state index contributed by atoms with van der Waals surface area (Å²) in [6.45, 7) is 4.21. The van der Waals surface area contributed by atoms with Crippen molar-refractivity contribution in [2.45, 2.75) is 19.4 Å². The summed E-state index contributed by atoms with van der Waals surface area (Å²) < 4.78 is 1.15. The van der Waals surface area contributed by atoms with Crippen LogP contribution in [-0.4, -0.2) is 23.0 Å². The van der Waals surface area contributed by atoms with Crippen LogP contribution in [0.15, 0.2) is 36.4 Å². The van der Waals surface area contributed by atoms with Crippen LogP contribution in [0.25, 0.3) is 20.1 Å². The van der Waals surface area contributed by atoms with Gasteiger partial charge >= 0.3 is 0 Å². The lowest BCUT2D eigenvalue weighted by molar-refractivity contribution is 0.0950. The molecular weight excluding hydrogens is 314 g/mol. The number of aromatic nitrogens is 1. The number of carbonyl (C=O) groups is 1. The van der Waals surface area contributed by atoms with Crippen LogP contribution in [0.4, 0.5) is 0 Å². The lowest BCUT2D eigenvalue weighted by Crippen LogP contribution is -2.44. The van der Waals surface area contributed by atoms with Crippen molar-refractivity contribution in [2.75, 3.05) is 6.54 Å². The number of hydrogen-bond acceptors (Lipinski definition) is 5. The number of nitrogens with one attached hydrogen (secondary N) is 1. The fourth-order valence-electron chi connectivity index (χ4n) is 1.95. The zero-order chi connectivity index (χ0) is 15.7. The molecule has 3 N–H and O–H groups in total. The summed E-state index contributed by atoms with van der Waals surface area (Å²) in [5.41, 5.74) is 6.46. The van der Waals surface area contributed by atoms with Gasteiger partial charge in [-0.2, -0.15) is 0 Å². The van der Waals surface area contributed by atoms with Crippen molar-refractivity contribution in [2.24, 2.45) is 5.73 Å². The van der Waals surface area contributed by atoms with Crippen molar-refractivity contribution >= 4 is 38.8 Å². The van der Waals surface area contributed by atoms with E-state index in [9.17, 15) is 4.79 Å². The first-order valence-electron chi connectivity index (χ1n) is 6.95. The van der Waals surface area contributed by atoms with Gasteiger partial charge < -0.3 is 11.1 Å². The Labute approximate surface area is 137 Å². The van der Waals surface area contributed by atoms with E-state index in [4.69, 9.17) is 5.73 Å². The fourth-order valence-corrected chi connectivity index (χ4v) is 3.89. The Balaban J connectivity index is 1.79. The Morgan fingerprint density at radius 2 is 2.00 bits per heavy atom. The Morgan fingerprint density at radius 3 is 2.73 bits per heavy atom. The molecule has 1 amide bonds. The maximum absolute atomic E-state index is 12.1. The van der Waals surface area contributed by atoms with Crippen molar-refractivity contribution < 1.29 is 4.79 Å². The number of rotatable bonds is 4. The Bertz CT molecular complexity index is 781. The largest absolute Gasteiger partial charge is 0.350 e. The number of benzene rings is 1. The summed E-state index contributed by atoms with van der Waals surface area (Å²) in [6, 6.07) is 11.8. The number of amides is 1. The number of fused-ring (bicyclic) bond motifs is 1. The zero-order valence-corrected chi connectivity index (χ0v) is 14.1. The first-order chi connectivity index (χ1) is 10.4. The highest BCUT2D eigenvalue weighted by Gasteiger charge is 2.16. The summed E-state index contributed by atoms with van der Waals surface area (Å²) in [5.74, 6) is -0.0871. The smallest absolute Gasteiger partial charge is 0.261 e. The highest BCUT2D eigenvalue weighted by molar-refractivity contribution is 7.26. The van der Waals surface area contributed by atoms with E-state index in [1.807, 2.05) is 44.2 Å². The number of thiazole rings is 1. The van der Waals surface area contributed by atoms with Gasteiger partial charge in [0.25, 0.3) is 5.91 Å². The molecule has 3 rings (SSSR count). The number of carbonyl (C=O) groups excluding carboxylic acids is 1. The highest BCUT2D eigenvalue weighted by Crippen LogP contribution is 2.34. The van der Waals surface area contributed by atoms with Crippen molar-refractivity contribution in [3.05, 3.63) is 41.3 Å². The van der Waals surface area contributed by atoms with E-state index in [0.717, 1.165) is 20.1 Å². The molecule has 0 aliphatic rings. The monoisotopic (exact) mass is 331 g/mol. The van der Waals surface area contributed by atoms with Crippen molar-refractivity contribution in [1.29, 1.82) is 0 Å². The van der Waals surface area contributed by atoms with Crippen LogP contribution in [0.3, 0.4) is 0 Å². The van der Waals surface area contributed by atoms with Crippen LogP contribution < -0.4 is 11.1 Å². The fraction of sp³-hybridized carbons (Fsp3) is 0.250. The molecule has 6 heteroatoms. The summed E-state index contributed by atoms with van der Waals surface area (Å²) in [4.78, 5) is 18.4. The van der Waals surface area contributed by atoms with Gasteiger partial charge in [-0.05, 0) is 38.1 Å². The van der Waals surface area contributed by atoms with E-state index >= 15 is 0 Å². The maximum atomic E-state index is 12.1. The van der Waals surface area contributed by atoms with Crippen LogP contribution in [0.2, 0.25) is 0 Å². The van der Waals surface area contributed by atoms with E-state index in [-0.39, 0.29) is 5.91 Å². The maximum Gasteiger partial charge on any atom is 0.261 e. The van der Waals surface area contributed by atoms with Crippen molar-refractivity contribution in [1.82, 2.24) is 10.3 Å². The molecule has 0 bridgehead atoms. The minimum atomic E-state index is -0.414. The predicted octanol–water partition coefficient (Wildman–Crippen LogP) is 3.49. The molecule has 0 saturated heterocycles. The summed E-state index contributed by atoms with van der Waals surface area (Å²) in [7, 11) is 0. The zero-order valence-electron chi connectivity index (χ0n) is 12.4. The molecule has 0 spiro atoms. The molecule has 22 heavy (non-hydrogen) atoms. The van der Waals surface area contributed by atoms with Gasteiger partial charge in [-0.25, -0.2) is 4.98 Å². The van der Waals surface area contributed by atoms with Gasteiger partial charge in [0.15, 0.2) is 0 Å². The topological polar surface area (TPSA) is 68.0 Å². The third-order valence-electron chi connectivity index (χ3n) is 3.04. The molecule has 0 fully saturated rings. The Kier molecular flexibility index (Phi) is 3.99. The molecule has 0 aliphatic heterocycles. The number of para-hydroxylation sites is 1. The van der Waals surface area contributed by atoms with Crippen molar-refractivity contribution in [3.8, 4) is 9.88 Å². The average Bonchev–Trinajstić information content (AvgIpc) is 3.09. The number of hydrogen-bond donors (Lipinski definition) is 2. The molecule has 3 aromatic rings. The summed E-state index contributed by atoms with van der Waals surface area (Å²) in [6.07, 6.45) is 0. The van der Waals surface area contributed by atoms with E-state index in [1.54, 1.807) is 11.3 Å². The van der Waals surface area contributed by atoms with Gasteiger partial charge in [0, 0.05) is 12.1 Å². The molecule has 1 aromatic carbocycles. The van der Waals surface area contributed by atoms with Gasteiger partial charge in [-0.3, -0.25) is 4.79 Å². The predicted molar refractivity (Wildman–Crippen MR) is 93.5 cm³/mol. The minimum absolute atomic E-state index is 0.0871. The Morgan fingerprint density at radius 1 is 1.23 bits per heavy atom. The van der Waals surface area contributed by atoms with Gasteiger partial charge in [0.1, 0.15) is 5.01 Å². The average molecular weight is 331 g/mol. The molecule has 0 saturated carbocycles. The first kappa shape index (κ1) is 15.1. The van der Waals surface area contributed by atoms with E-state index in [1.165, 1.54) is 11.3 Å². The number of nitrogens with zero attached hydrogens (tertiary/aromatic N) is 1. The third kappa shape index (κ3) is 3.35. The van der Waals surface area contributed by atoms with Crippen molar-refractivity contribution in [3.63, 3.8) is 0 Å². The SMILES string of the molecule is CC(C)(N)CNC(=O)c1ccc(-c2nc3ccccc3s2)s1. The molecule has 0 atom stereocenters. The number of thiophene rings is 1. The lowest BCUT2D eigenvalue weighted by Gasteiger charge is -2.18. The highest BCUT2D eigenvalue weighted by atomic mass is 32.1. The van der Waals surface area contributed by atoms with Gasteiger partial charge in [0.2, 0.25) is 0 Å². The molecule has 2 aromatic heterocycles. The van der Waals surface area contributed by atoms with Crippen LogP contribution in [-0.2, 0) is 0 Å². The van der Waals surface area contributed by atoms with E-state index in [2.05, 4.69) is 16.4 Å². The standard InChI is InChI=1S/C16H17N3OS2/c1-16(2,17)9-18-14(20)12-7-8-13(21-12)15-19-10-5-3-4-6-11(10)22-15/h3-8H,9,17H2,1-2H3,(H,18,20). The van der Waals surface area contributed by atoms with Crippen LogP contribution in [0.5, 0.6) is 0 Å². The summed E-state index contributed by atoms with van der Waals surface area (Å²) in [5, 5.41) is 3.81. The third-order valence-corrected chi connectivity index (χ3v) is 5.33. The molecule has 0 radical (unpaired) electrons. The molecule has 114 valence electrons. The van der Waals surface area contributed by atoms with Crippen LogP contribution in [0, 0.1) is 0 Å². The van der Waals surface area contributed by atoms with Crippen LogP contribution >= 0.6 is 22.7 Å². The Hall–Kier alpha value is -1.76. The second kappa shape index (κ2) is 5.79. The number of nitrogens with two attached hydrogens (primary N) is 1. The van der Waals surface area contributed by atoms with E-state index < -0.39 is 5.54 Å². The summed E-state index contributed by atoms with van der Waals surface area (Å²) >= 11 is 3.10. The lowest BCUT2D eigenvalue weighted by atomic mass is 10.1. The van der Waals surface area contributed by atoms with Crippen LogP contribution in [0.1, 0.15) is 23.5 Å². The first-order valence-corrected chi connectivity index (χ1v) is 8.58. The van der Waals surface area contributed by atoms with E-state index in [0.29, 0.717) is 11.4 Å². The molecular formula is C16H17N3OS2. The molecule has 0 aliphatic carbocycles. The second-order valence-electron chi connectivity index (χ2n) is 5.82. The van der Waals surface area contributed by atoms with Gasteiger partial charge in [0.05, 0.1) is 20.0 Å².